The number of rotatable bonds is 9. The molecule has 4 rings (SSSR count). The van der Waals surface area contributed by atoms with Crippen molar-refractivity contribution in [3.8, 4) is 11.5 Å². The van der Waals surface area contributed by atoms with E-state index in [0.29, 0.717) is 30.1 Å². The summed E-state index contributed by atoms with van der Waals surface area (Å²) in [5.41, 5.74) is 1.86. The third-order valence-electron chi connectivity index (χ3n) is 5.28. The minimum Gasteiger partial charge on any atom is -0.493 e. The number of hydrogen-bond donors (Lipinski definition) is 0. The topological polar surface area (TPSA) is 71.1 Å². The molecule has 33 heavy (non-hydrogen) atoms. The van der Waals surface area contributed by atoms with Crippen LogP contribution in [0.2, 0.25) is 0 Å². The number of carbonyl (C=O) groups excluding carboxylic acids is 2. The van der Waals surface area contributed by atoms with Gasteiger partial charge in [-0.15, -0.1) is 0 Å². The summed E-state index contributed by atoms with van der Waals surface area (Å²) in [7, 11) is 0. The first-order valence-electron chi connectivity index (χ1n) is 11.0. The molecule has 0 amide bonds. The van der Waals surface area contributed by atoms with Crippen LogP contribution in [0.5, 0.6) is 11.5 Å². The van der Waals surface area contributed by atoms with Crippen LogP contribution in [0.4, 0.5) is 0 Å². The molecule has 6 nitrogen and oxygen atoms in total. The molecule has 0 aromatic heterocycles. The minimum atomic E-state index is -0.534. The lowest BCUT2D eigenvalue weighted by Gasteiger charge is -2.11. The Balaban J connectivity index is 1.31. The van der Waals surface area contributed by atoms with Gasteiger partial charge in [0.25, 0.3) is 0 Å². The number of carbonyl (C=O) groups is 2. The highest BCUT2D eigenvalue weighted by Gasteiger charge is 2.19. The molecule has 1 fully saturated rings. The van der Waals surface area contributed by atoms with Gasteiger partial charge >= 0.3 is 11.9 Å². The Kier molecular flexibility index (Phi) is 7.72. The van der Waals surface area contributed by atoms with E-state index in [2.05, 4.69) is 0 Å². The summed E-state index contributed by atoms with van der Waals surface area (Å²) in [5, 5.41) is 0. The third kappa shape index (κ3) is 6.67. The molecule has 1 unspecified atom stereocenters. The van der Waals surface area contributed by atoms with Crippen molar-refractivity contribution in [3.05, 3.63) is 95.6 Å². The summed E-state index contributed by atoms with van der Waals surface area (Å²) in [4.78, 5) is 25.0. The third-order valence-corrected chi connectivity index (χ3v) is 5.28. The molecule has 1 heterocycles. The maximum atomic E-state index is 12.6. The standard InChI is InChI=1S/C27H26O6/c28-26(32-19-25-13-6-15-30-25)21-9-5-12-24(18-21)33-27(29)22-10-4-11-23(17-22)31-16-14-20-7-2-1-3-8-20/h1-5,7-12,17-18,25H,6,13-16,19H2. The number of hydrogen-bond acceptors (Lipinski definition) is 6. The summed E-state index contributed by atoms with van der Waals surface area (Å²) < 4.78 is 22.0. The molecule has 1 aliphatic heterocycles. The van der Waals surface area contributed by atoms with E-state index >= 15 is 0 Å². The Morgan fingerprint density at radius 3 is 2.33 bits per heavy atom. The molecule has 0 aliphatic carbocycles. The van der Waals surface area contributed by atoms with Crippen LogP contribution in [-0.2, 0) is 15.9 Å². The lowest BCUT2D eigenvalue weighted by atomic mass is 10.2. The predicted molar refractivity (Wildman–Crippen MR) is 123 cm³/mol. The Morgan fingerprint density at radius 2 is 1.58 bits per heavy atom. The highest BCUT2D eigenvalue weighted by atomic mass is 16.6. The van der Waals surface area contributed by atoms with Gasteiger partial charge < -0.3 is 18.9 Å². The van der Waals surface area contributed by atoms with Gasteiger partial charge in [-0.2, -0.15) is 0 Å². The van der Waals surface area contributed by atoms with Crippen molar-refractivity contribution >= 4 is 11.9 Å². The summed E-state index contributed by atoms with van der Waals surface area (Å²) >= 11 is 0. The van der Waals surface area contributed by atoms with Crippen LogP contribution < -0.4 is 9.47 Å². The average molecular weight is 446 g/mol. The average Bonchev–Trinajstić information content (AvgIpc) is 3.37. The van der Waals surface area contributed by atoms with Crippen LogP contribution in [-0.4, -0.2) is 37.9 Å². The highest BCUT2D eigenvalue weighted by Crippen LogP contribution is 2.19. The van der Waals surface area contributed by atoms with Gasteiger partial charge in [0.1, 0.15) is 18.1 Å². The fourth-order valence-corrected chi connectivity index (χ4v) is 3.52. The zero-order chi connectivity index (χ0) is 22.9. The number of esters is 2. The smallest absolute Gasteiger partial charge is 0.343 e. The lowest BCUT2D eigenvalue weighted by molar-refractivity contribution is 0.0161. The second kappa shape index (κ2) is 11.3. The van der Waals surface area contributed by atoms with Crippen molar-refractivity contribution in [2.24, 2.45) is 0 Å². The Morgan fingerprint density at radius 1 is 0.848 bits per heavy atom. The van der Waals surface area contributed by atoms with Crippen molar-refractivity contribution < 1.29 is 28.5 Å². The van der Waals surface area contributed by atoms with Crippen LogP contribution >= 0.6 is 0 Å². The van der Waals surface area contributed by atoms with E-state index in [4.69, 9.17) is 18.9 Å². The first-order valence-corrected chi connectivity index (χ1v) is 11.0. The van der Waals surface area contributed by atoms with Crippen LogP contribution in [0.3, 0.4) is 0 Å². The van der Waals surface area contributed by atoms with Crippen molar-refractivity contribution in [1.82, 2.24) is 0 Å². The van der Waals surface area contributed by atoms with Crippen LogP contribution in [0.15, 0.2) is 78.9 Å². The fourth-order valence-electron chi connectivity index (χ4n) is 3.52. The van der Waals surface area contributed by atoms with Gasteiger partial charge in [-0.05, 0) is 54.8 Å². The van der Waals surface area contributed by atoms with Gasteiger partial charge in [0.05, 0.1) is 23.8 Å². The van der Waals surface area contributed by atoms with Gasteiger partial charge in [-0.1, -0.05) is 42.5 Å². The second-order valence-electron chi connectivity index (χ2n) is 7.76. The fraction of sp³-hybridized carbons (Fsp3) is 0.259. The lowest BCUT2D eigenvalue weighted by Crippen LogP contribution is -2.18. The van der Waals surface area contributed by atoms with Crippen LogP contribution in [0, 0.1) is 0 Å². The maximum Gasteiger partial charge on any atom is 0.343 e. The first kappa shape index (κ1) is 22.6. The van der Waals surface area contributed by atoms with E-state index in [0.717, 1.165) is 19.3 Å². The zero-order valence-corrected chi connectivity index (χ0v) is 18.3. The highest BCUT2D eigenvalue weighted by molar-refractivity contribution is 5.93. The van der Waals surface area contributed by atoms with Gasteiger partial charge in [0.2, 0.25) is 0 Å². The molecule has 0 bridgehead atoms. The normalized spacial score (nSPS) is 15.1. The summed E-state index contributed by atoms with van der Waals surface area (Å²) in [6, 6.07) is 23.3. The number of ether oxygens (including phenoxy) is 4. The zero-order valence-electron chi connectivity index (χ0n) is 18.3. The van der Waals surface area contributed by atoms with E-state index in [1.165, 1.54) is 11.6 Å². The molecule has 0 N–H and O–H groups in total. The van der Waals surface area contributed by atoms with Crippen LogP contribution in [0.1, 0.15) is 39.1 Å². The summed E-state index contributed by atoms with van der Waals surface area (Å²) in [6.45, 7) is 1.42. The van der Waals surface area contributed by atoms with E-state index in [-0.39, 0.29) is 18.5 Å². The molecule has 1 atom stereocenters. The van der Waals surface area contributed by atoms with Crippen molar-refractivity contribution in [2.45, 2.75) is 25.4 Å². The predicted octanol–water partition coefficient (Wildman–Crippen LogP) is 4.86. The molecule has 3 aromatic rings. The van der Waals surface area contributed by atoms with Crippen molar-refractivity contribution in [3.63, 3.8) is 0 Å². The maximum absolute atomic E-state index is 12.6. The van der Waals surface area contributed by atoms with E-state index in [1.807, 2.05) is 30.3 Å². The molecule has 0 saturated carbocycles. The molecule has 0 spiro atoms. The van der Waals surface area contributed by atoms with Crippen LogP contribution in [0.25, 0.3) is 0 Å². The minimum absolute atomic E-state index is 0.0443. The SMILES string of the molecule is O=C(OCC1CCCO1)c1cccc(OC(=O)c2cccc(OCCc3ccccc3)c2)c1. The summed E-state index contributed by atoms with van der Waals surface area (Å²) in [6.07, 6.45) is 2.59. The largest absolute Gasteiger partial charge is 0.493 e. The number of benzene rings is 3. The summed E-state index contributed by atoms with van der Waals surface area (Å²) in [5.74, 6) is -0.153. The van der Waals surface area contributed by atoms with E-state index < -0.39 is 11.9 Å². The molecule has 1 aliphatic rings. The molecule has 6 heteroatoms. The molecule has 3 aromatic carbocycles. The molecular weight excluding hydrogens is 420 g/mol. The van der Waals surface area contributed by atoms with Crippen molar-refractivity contribution in [2.75, 3.05) is 19.8 Å². The first-order chi connectivity index (χ1) is 16.2. The Hall–Kier alpha value is -3.64. The van der Waals surface area contributed by atoms with Gasteiger partial charge in [-0.25, -0.2) is 9.59 Å². The monoisotopic (exact) mass is 446 g/mol. The molecule has 1 saturated heterocycles. The molecule has 0 radical (unpaired) electrons. The Labute approximate surface area is 193 Å². The quantitative estimate of drug-likeness (QED) is 0.345. The Bertz CT molecular complexity index is 1070. The molecular formula is C27H26O6. The van der Waals surface area contributed by atoms with Gasteiger partial charge in [-0.3, -0.25) is 0 Å². The van der Waals surface area contributed by atoms with E-state index in [9.17, 15) is 9.59 Å². The van der Waals surface area contributed by atoms with Crippen molar-refractivity contribution in [1.29, 1.82) is 0 Å². The second-order valence-corrected chi connectivity index (χ2v) is 7.76. The molecule has 170 valence electrons. The van der Waals surface area contributed by atoms with Gasteiger partial charge in [0, 0.05) is 13.0 Å². The van der Waals surface area contributed by atoms with Gasteiger partial charge in [0.15, 0.2) is 0 Å². The van der Waals surface area contributed by atoms with E-state index in [1.54, 1.807) is 42.5 Å².